The Morgan fingerprint density at radius 1 is 0.808 bits per heavy atom. The highest BCUT2D eigenvalue weighted by Gasteiger charge is 2.04. The minimum Gasteiger partial charge on any atom is -0.361 e. The van der Waals surface area contributed by atoms with Gasteiger partial charge in [0.05, 0.1) is 0 Å². The second kappa shape index (κ2) is 7.83. The van der Waals surface area contributed by atoms with E-state index >= 15 is 0 Å². The third-order valence-electron chi connectivity index (χ3n) is 4.42. The summed E-state index contributed by atoms with van der Waals surface area (Å²) in [6.07, 6.45) is 3.30. The zero-order valence-electron chi connectivity index (χ0n) is 15.4. The predicted molar refractivity (Wildman–Crippen MR) is 110 cm³/mol. The molecule has 0 bridgehead atoms. The van der Waals surface area contributed by atoms with Crippen LogP contribution in [0.4, 0.5) is 5.69 Å². The normalized spacial score (nSPS) is 10.9. The molecule has 0 amide bonds. The molecule has 0 aliphatic heterocycles. The van der Waals surface area contributed by atoms with E-state index in [0.29, 0.717) is 5.56 Å². The van der Waals surface area contributed by atoms with Gasteiger partial charge in [0.25, 0.3) is 0 Å². The van der Waals surface area contributed by atoms with E-state index in [4.69, 9.17) is 0 Å². The Labute approximate surface area is 155 Å². The van der Waals surface area contributed by atoms with Gasteiger partial charge < -0.3 is 5.32 Å². The maximum absolute atomic E-state index is 12.4. The zero-order valence-corrected chi connectivity index (χ0v) is 15.4. The van der Waals surface area contributed by atoms with Crippen molar-refractivity contribution in [2.75, 3.05) is 5.32 Å². The summed E-state index contributed by atoms with van der Waals surface area (Å²) < 4.78 is 0. The first-order valence-electron chi connectivity index (χ1n) is 8.75. The number of hydrogen-bond donors (Lipinski definition) is 1. The van der Waals surface area contributed by atoms with Gasteiger partial charge >= 0.3 is 0 Å². The summed E-state index contributed by atoms with van der Waals surface area (Å²) in [6, 6.07) is 22.1. The lowest BCUT2D eigenvalue weighted by molar-refractivity contribution is 0.104. The van der Waals surface area contributed by atoms with Crippen LogP contribution in [0.2, 0.25) is 0 Å². The van der Waals surface area contributed by atoms with Crippen LogP contribution in [0, 0.1) is 20.8 Å². The number of carbonyl (C=O) groups is 1. The molecule has 3 aromatic rings. The van der Waals surface area contributed by atoms with Gasteiger partial charge in [-0.15, -0.1) is 0 Å². The Kier molecular flexibility index (Phi) is 5.33. The monoisotopic (exact) mass is 341 g/mol. The van der Waals surface area contributed by atoms with Crippen molar-refractivity contribution < 1.29 is 4.79 Å². The Balaban J connectivity index is 1.69. The van der Waals surface area contributed by atoms with E-state index in [1.165, 1.54) is 16.7 Å². The van der Waals surface area contributed by atoms with E-state index in [0.717, 1.165) is 16.8 Å². The quantitative estimate of drug-likeness (QED) is 0.449. The van der Waals surface area contributed by atoms with Crippen LogP contribution in [-0.2, 0) is 0 Å². The number of allylic oxidation sites excluding steroid dienone is 1. The SMILES string of the molecule is Cc1cc(C)c(N/C=C/C(=O)c2ccc(-c3ccccc3)cc2)c(C)c1. The highest BCUT2D eigenvalue weighted by molar-refractivity contribution is 6.04. The maximum atomic E-state index is 12.4. The molecule has 0 aliphatic carbocycles. The fourth-order valence-corrected chi connectivity index (χ4v) is 3.16. The van der Waals surface area contributed by atoms with Gasteiger partial charge in [-0.3, -0.25) is 4.79 Å². The molecule has 0 spiro atoms. The van der Waals surface area contributed by atoms with E-state index in [2.05, 4.69) is 50.4 Å². The number of anilines is 1. The van der Waals surface area contributed by atoms with E-state index in [1.807, 2.05) is 42.5 Å². The van der Waals surface area contributed by atoms with Gasteiger partial charge in [-0.1, -0.05) is 72.3 Å². The van der Waals surface area contributed by atoms with Crippen LogP contribution in [0.1, 0.15) is 27.0 Å². The van der Waals surface area contributed by atoms with Gasteiger partial charge in [0.15, 0.2) is 5.78 Å². The fourth-order valence-electron chi connectivity index (χ4n) is 3.16. The molecule has 3 rings (SSSR count). The first kappa shape index (κ1) is 17.7. The minimum absolute atomic E-state index is 0.0143. The van der Waals surface area contributed by atoms with Crippen LogP contribution < -0.4 is 5.32 Å². The highest BCUT2D eigenvalue weighted by Crippen LogP contribution is 2.22. The average molecular weight is 341 g/mol. The highest BCUT2D eigenvalue weighted by atomic mass is 16.1. The molecule has 3 aromatic carbocycles. The van der Waals surface area contributed by atoms with E-state index in [1.54, 1.807) is 12.3 Å². The summed E-state index contributed by atoms with van der Waals surface area (Å²) in [5.74, 6) is -0.0143. The molecular formula is C24H23NO. The molecule has 0 saturated heterocycles. The fraction of sp³-hybridized carbons (Fsp3) is 0.125. The van der Waals surface area contributed by atoms with Crippen LogP contribution in [0.3, 0.4) is 0 Å². The molecule has 26 heavy (non-hydrogen) atoms. The molecule has 0 aromatic heterocycles. The molecule has 0 heterocycles. The summed E-state index contributed by atoms with van der Waals surface area (Å²) in [6.45, 7) is 6.23. The van der Waals surface area contributed by atoms with Crippen molar-refractivity contribution in [2.45, 2.75) is 20.8 Å². The van der Waals surface area contributed by atoms with E-state index < -0.39 is 0 Å². The topological polar surface area (TPSA) is 29.1 Å². The molecule has 0 unspecified atom stereocenters. The van der Waals surface area contributed by atoms with Gasteiger partial charge in [-0.25, -0.2) is 0 Å². The molecule has 0 radical (unpaired) electrons. The lowest BCUT2D eigenvalue weighted by Crippen LogP contribution is -1.99. The zero-order chi connectivity index (χ0) is 18.5. The second-order valence-electron chi connectivity index (χ2n) is 6.56. The number of aryl methyl sites for hydroxylation is 3. The predicted octanol–water partition coefficient (Wildman–Crippen LogP) is 6.09. The number of hydrogen-bond acceptors (Lipinski definition) is 2. The third kappa shape index (κ3) is 4.09. The Bertz CT molecular complexity index is 915. The molecular weight excluding hydrogens is 318 g/mol. The maximum Gasteiger partial charge on any atom is 0.187 e. The van der Waals surface area contributed by atoms with Crippen molar-refractivity contribution in [3.63, 3.8) is 0 Å². The van der Waals surface area contributed by atoms with Gasteiger partial charge in [0.1, 0.15) is 0 Å². The Morgan fingerprint density at radius 2 is 1.38 bits per heavy atom. The van der Waals surface area contributed by atoms with Crippen molar-refractivity contribution in [1.82, 2.24) is 0 Å². The molecule has 2 nitrogen and oxygen atoms in total. The molecule has 0 aliphatic rings. The lowest BCUT2D eigenvalue weighted by atomic mass is 10.0. The molecule has 2 heteroatoms. The van der Waals surface area contributed by atoms with Gasteiger partial charge in [0.2, 0.25) is 0 Å². The lowest BCUT2D eigenvalue weighted by Gasteiger charge is -2.10. The standard InChI is InChI=1S/C24H23NO/c1-17-15-18(2)24(19(3)16-17)25-14-13-23(26)22-11-9-21(10-12-22)20-7-5-4-6-8-20/h4-16,25H,1-3H3/b14-13+. The number of benzene rings is 3. The first-order chi connectivity index (χ1) is 12.5. The summed E-state index contributed by atoms with van der Waals surface area (Å²) in [5, 5.41) is 3.24. The largest absolute Gasteiger partial charge is 0.361 e. The second-order valence-corrected chi connectivity index (χ2v) is 6.56. The number of carbonyl (C=O) groups excluding carboxylic acids is 1. The summed E-state index contributed by atoms with van der Waals surface area (Å²) >= 11 is 0. The Morgan fingerprint density at radius 3 is 2.00 bits per heavy atom. The van der Waals surface area contributed by atoms with Crippen molar-refractivity contribution in [3.8, 4) is 11.1 Å². The minimum atomic E-state index is -0.0143. The van der Waals surface area contributed by atoms with Crippen LogP contribution in [0.5, 0.6) is 0 Å². The van der Waals surface area contributed by atoms with Crippen LogP contribution in [0.15, 0.2) is 79.0 Å². The van der Waals surface area contributed by atoms with Gasteiger partial charge in [0, 0.05) is 23.5 Å². The van der Waals surface area contributed by atoms with Crippen molar-refractivity contribution in [1.29, 1.82) is 0 Å². The van der Waals surface area contributed by atoms with Crippen LogP contribution >= 0.6 is 0 Å². The van der Waals surface area contributed by atoms with E-state index in [-0.39, 0.29) is 5.78 Å². The first-order valence-corrected chi connectivity index (χ1v) is 8.75. The molecule has 0 fully saturated rings. The van der Waals surface area contributed by atoms with E-state index in [9.17, 15) is 4.79 Å². The molecule has 0 saturated carbocycles. The van der Waals surface area contributed by atoms with Crippen molar-refractivity contribution in [2.24, 2.45) is 0 Å². The summed E-state index contributed by atoms with van der Waals surface area (Å²) in [5.41, 5.74) is 7.58. The molecule has 1 N–H and O–H groups in total. The van der Waals surface area contributed by atoms with Crippen LogP contribution in [-0.4, -0.2) is 5.78 Å². The average Bonchev–Trinajstić information content (AvgIpc) is 2.64. The number of rotatable bonds is 5. The smallest absolute Gasteiger partial charge is 0.187 e. The van der Waals surface area contributed by atoms with Gasteiger partial charge in [-0.2, -0.15) is 0 Å². The van der Waals surface area contributed by atoms with Crippen molar-refractivity contribution >= 4 is 11.5 Å². The molecule has 130 valence electrons. The van der Waals surface area contributed by atoms with Crippen molar-refractivity contribution in [3.05, 3.63) is 101 Å². The van der Waals surface area contributed by atoms with Crippen LogP contribution in [0.25, 0.3) is 11.1 Å². The number of ketones is 1. The number of nitrogens with one attached hydrogen (secondary N) is 1. The van der Waals surface area contributed by atoms with Gasteiger partial charge in [-0.05, 0) is 43.0 Å². The summed E-state index contributed by atoms with van der Waals surface area (Å²) in [4.78, 5) is 12.4. The summed E-state index contributed by atoms with van der Waals surface area (Å²) in [7, 11) is 0. The molecule has 0 atom stereocenters. The Hall–Kier alpha value is -3.13. The third-order valence-corrected chi connectivity index (χ3v) is 4.42.